The Kier molecular flexibility index (Phi) is 5.05. The van der Waals surface area contributed by atoms with E-state index >= 15 is 0 Å². The Labute approximate surface area is 134 Å². The summed E-state index contributed by atoms with van der Waals surface area (Å²) < 4.78 is 5.30. The van der Waals surface area contributed by atoms with Crippen molar-refractivity contribution in [1.82, 2.24) is 15.2 Å². The van der Waals surface area contributed by atoms with Gasteiger partial charge in [0.05, 0.1) is 13.2 Å². The molecule has 1 amide bonds. The lowest BCUT2D eigenvalue weighted by Crippen LogP contribution is -2.38. The first-order chi connectivity index (χ1) is 11.3. The summed E-state index contributed by atoms with van der Waals surface area (Å²) in [5.41, 5.74) is 0.668. The fourth-order valence-electron chi connectivity index (χ4n) is 2.76. The molecular formula is C17H21N3O3. The number of para-hydroxylation sites is 1. The molecule has 2 N–H and O–H groups in total. The molecule has 1 fully saturated rings. The number of hydrogen-bond acceptors (Lipinski definition) is 4. The number of nitrogens with zero attached hydrogens (tertiary/aromatic N) is 1. The normalized spacial score (nSPS) is 15.7. The van der Waals surface area contributed by atoms with E-state index in [0.717, 1.165) is 44.8 Å². The zero-order valence-electron chi connectivity index (χ0n) is 13.0. The van der Waals surface area contributed by atoms with Crippen molar-refractivity contribution >= 4 is 16.8 Å². The van der Waals surface area contributed by atoms with E-state index in [2.05, 4.69) is 15.2 Å². The maximum Gasteiger partial charge on any atom is 0.256 e. The van der Waals surface area contributed by atoms with Crippen LogP contribution in [-0.4, -0.2) is 55.2 Å². The standard InChI is InChI=1S/C17H21N3O3/c21-16-13-4-1-2-5-15(13)19-12-14(16)17(22)18-6-3-7-20-8-10-23-11-9-20/h1-2,4-5,12H,3,6-11H2,(H,18,22)(H,19,21). The number of morpholine rings is 1. The van der Waals surface area contributed by atoms with Gasteiger partial charge in [-0.05, 0) is 25.1 Å². The van der Waals surface area contributed by atoms with E-state index in [4.69, 9.17) is 4.74 Å². The van der Waals surface area contributed by atoms with Crippen LogP contribution < -0.4 is 10.7 Å². The van der Waals surface area contributed by atoms with Gasteiger partial charge in [0.25, 0.3) is 5.91 Å². The summed E-state index contributed by atoms with van der Waals surface area (Å²) >= 11 is 0. The molecule has 0 aliphatic carbocycles. The van der Waals surface area contributed by atoms with Crippen molar-refractivity contribution in [3.05, 3.63) is 46.2 Å². The third kappa shape index (κ3) is 3.78. The Balaban J connectivity index is 1.56. The van der Waals surface area contributed by atoms with Gasteiger partial charge < -0.3 is 15.0 Å². The molecule has 0 spiro atoms. The van der Waals surface area contributed by atoms with E-state index in [9.17, 15) is 9.59 Å². The SMILES string of the molecule is O=C(NCCCN1CCOCC1)c1c[nH]c2ccccc2c1=O. The number of benzene rings is 1. The molecule has 122 valence electrons. The fraction of sp³-hybridized carbons (Fsp3) is 0.412. The molecule has 6 nitrogen and oxygen atoms in total. The third-order valence-electron chi connectivity index (χ3n) is 4.07. The van der Waals surface area contributed by atoms with Gasteiger partial charge in [-0.25, -0.2) is 0 Å². The molecule has 3 rings (SSSR count). The molecule has 0 saturated carbocycles. The molecule has 6 heteroatoms. The molecule has 1 aromatic heterocycles. The lowest BCUT2D eigenvalue weighted by molar-refractivity contribution is 0.0374. The highest BCUT2D eigenvalue weighted by Gasteiger charge is 2.13. The van der Waals surface area contributed by atoms with Gasteiger partial charge >= 0.3 is 0 Å². The molecule has 0 atom stereocenters. The largest absolute Gasteiger partial charge is 0.379 e. The van der Waals surface area contributed by atoms with Crippen LogP contribution in [0.2, 0.25) is 0 Å². The molecule has 1 saturated heterocycles. The highest BCUT2D eigenvalue weighted by molar-refractivity contribution is 5.97. The summed E-state index contributed by atoms with van der Waals surface area (Å²) in [6.07, 6.45) is 2.35. The van der Waals surface area contributed by atoms with Crippen molar-refractivity contribution in [2.24, 2.45) is 0 Å². The molecule has 1 aliphatic rings. The summed E-state index contributed by atoms with van der Waals surface area (Å²) in [6, 6.07) is 7.19. The number of hydrogen-bond donors (Lipinski definition) is 2. The Morgan fingerprint density at radius 2 is 2.04 bits per heavy atom. The number of H-pyrrole nitrogens is 1. The molecule has 0 radical (unpaired) electrons. The van der Waals surface area contributed by atoms with Gasteiger partial charge in [-0.1, -0.05) is 12.1 Å². The Morgan fingerprint density at radius 1 is 1.26 bits per heavy atom. The van der Waals surface area contributed by atoms with Crippen LogP contribution in [0.15, 0.2) is 35.3 Å². The highest BCUT2D eigenvalue weighted by Crippen LogP contribution is 2.07. The van der Waals surface area contributed by atoms with E-state index in [1.54, 1.807) is 12.1 Å². The maximum atomic E-state index is 12.3. The van der Waals surface area contributed by atoms with Gasteiger partial charge in [0.15, 0.2) is 0 Å². The number of aromatic nitrogens is 1. The van der Waals surface area contributed by atoms with Crippen LogP contribution in [0.5, 0.6) is 0 Å². The topological polar surface area (TPSA) is 74.4 Å². The Bertz CT molecular complexity index is 735. The number of ether oxygens (including phenoxy) is 1. The first kappa shape index (κ1) is 15.7. The van der Waals surface area contributed by atoms with Crippen LogP contribution in [0.4, 0.5) is 0 Å². The van der Waals surface area contributed by atoms with Crippen molar-refractivity contribution < 1.29 is 9.53 Å². The number of nitrogens with one attached hydrogen (secondary N) is 2. The minimum absolute atomic E-state index is 0.162. The third-order valence-corrected chi connectivity index (χ3v) is 4.07. The summed E-state index contributed by atoms with van der Waals surface area (Å²) in [4.78, 5) is 29.9. The van der Waals surface area contributed by atoms with Crippen LogP contribution in [-0.2, 0) is 4.74 Å². The molecule has 1 aliphatic heterocycles. The lowest BCUT2D eigenvalue weighted by Gasteiger charge is -2.26. The van der Waals surface area contributed by atoms with Gasteiger partial charge in [0, 0.05) is 36.7 Å². The number of aromatic amines is 1. The van der Waals surface area contributed by atoms with Gasteiger partial charge in [0.2, 0.25) is 5.43 Å². The van der Waals surface area contributed by atoms with Crippen LogP contribution >= 0.6 is 0 Å². The average Bonchev–Trinajstić information content (AvgIpc) is 2.60. The van der Waals surface area contributed by atoms with Crippen molar-refractivity contribution in [2.75, 3.05) is 39.4 Å². The summed E-state index contributed by atoms with van der Waals surface area (Å²) in [7, 11) is 0. The maximum absolute atomic E-state index is 12.3. The minimum Gasteiger partial charge on any atom is -0.379 e. The van der Waals surface area contributed by atoms with E-state index in [-0.39, 0.29) is 16.9 Å². The monoisotopic (exact) mass is 315 g/mol. The highest BCUT2D eigenvalue weighted by atomic mass is 16.5. The first-order valence-corrected chi connectivity index (χ1v) is 7.94. The average molecular weight is 315 g/mol. The van der Waals surface area contributed by atoms with Gasteiger partial charge in [-0.15, -0.1) is 0 Å². The Hall–Kier alpha value is -2.18. The van der Waals surface area contributed by atoms with Crippen molar-refractivity contribution in [2.45, 2.75) is 6.42 Å². The van der Waals surface area contributed by atoms with E-state index < -0.39 is 0 Å². The number of pyridine rings is 1. The second kappa shape index (κ2) is 7.39. The molecule has 23 heavy (non-hydrogen) atoms. The van der Waals surface area contributed by atoms with E-state index in [1.807, 2.05) is 12.1 Å². The Morgan fingerprint density at radius 3 is 2.87 bits per heavy atom. The summed E-state index contributed by atoms with van der Waals surface area (Å²) in [5.74, 6) is -0.320. The van der Waals surface area contributed by atoms with Crippen LogP contribution in [0.1, 0.15) is 16.8 Å². The molecule has 0 bridgehead atoms. The molecule has 1 aromatic carbocycles. The predicted octanol–water partition coefficient (Wildman–Crippen LogP) is 0.980. The molecule has 2 heterocycles. The number of fused-ring (bicyclic) bond motifs is 1. The lowest BCUT2D eigenvalue weighted by atomic mass is 10.1. The van der Waals surface area contributed by atoms with Crippen molar-refractivity contribution in [1.29, 1.82) is 0 Å². The van der Waals surface area contributed by atoms with Gasteiger partial charge in [0.1, 0.15) is 5.56 Å². The molecule has 0 unspecified atom stereocenters. The second-order valence-corrected chi connectivity index (χ2v) is 5.64. The summed E-state index contributed by atoms with van der Waals surface area (Å²) in [6.45, 7) is 4.93. The van der Waals surface area contributed by atoms with Crippen LogP contribution in [0.25, 0.3) is 10.9 Å². The van der Waals surface area contributed by atoms with Crippen molar-refractivity contribution in [3.8, 4) is 0 Å². The van der Waals surface area contributed by atoms with Gasteiger partial charge in [-0.3, -0.25) is 14.5 Å². The van der Waals surface area contributed by atoms with Crippen molar-refractivity contribution in [3.63, 3.8) is 0 Å². The number of carbonyl (C=O) groups is 1. The summed E-state index contributed by atoms with van der Waals surface area (Å²) in [5, 5.41) is 3.36. The first-order valence-electron chi connectivity index (χ1n) is 7.94. The minimum atomic E-state index is -0.320. The van der Waals surface area contributed by atoms with E-state index in [1.165, 1.54) is 6.20 Å². The number of amides is 1. The second-order valence-electron chi connectivity index (χ2n) is 5.64. The molecular weight excluding hydrogens is 294 g/mol. The zero-order chi connectivity index (χ0) is 16.1. The fourth-order valence-corrected chi connectivity index (χ4v) is 2.76. The number of rotatable bonds is 5. The van der Waals surface area contributed by atoms with Crippen LogP contribution in [0.3, 0.4) is 0 Å². The predicted molar refractivity (Wildman–Crippen MR) is 88.8 cm³/mol. The van der Waals surface area contributed by atoms with E-state index in [0.29, 0.717) is 11.9 Å². The zero-order valence-corrected chi connectivity index (χ0v) is 13.0. The van der Waals surface area contributed by atoms with Gasteiger partial charge in [-0.2, -0.15) is 0 Å². The quantitative estimate of drug-likeness (QED) is 0.807. The smallest absolute Gasteiger partial charge is 0.256 e. The number of carbonyl (C=O) groups excluding carboxylic acids is 1. The molecule has 2 aromatic rings. The van der Waals surface area contributed by atoms with Crippen LogP contribution in [0, 0.1) is 0 Å².